The third kappa shape index (κ3) is 4.97. The van der Waals surface area contributed by atoms with E-state index >= 15 is 0 Å². The number of esters is 1. The first-order chi connectivity index (χ1) is 17.5. The largest absolute Gasteiger partial charge is 0.490 e. The molecule has 0 amide bonds. The first kappa shape index (κ1) is 25.0. The lowest BCUT2D eigenvalue weighted by atomic mass is 9.96. The lowest BCUT2D eigenvalue weighted by Gasteiger charge is -2.24. The first-order valence-electron chi connectivity index (χ1n) is 11.6. The molecule has 0 spiro atoms. The average molecular weight is 503 g/mol. The number of thiazole rings is 1. The van der Waals surface area contributed by atoms with Gasteiger partial charge in [0.25, 0.3) is 5.56 Å². The summed E-state index contributed by atoms with van der Waals surface area (Å²) in [6.07, 6.45) is 7.09. The Morgan fingerprint density at radius 1 is 1.14 bits per heavy atom. The maximum absolute atomic E-state index is 13.7. The van der Waals surface area contributed by atoms with E-state index in [1.165, 1.54) is 11.3 Å². The van der Waals surface area contributed by atoms with Crippen LogP contribution in [-0.4, -0.2) is 30.4 Å². The van der Waals surface area contributed by atoms with E-state index in [2.05, 4.69) is 10.9 Å². The highest BCUT2D eigenvalue weighted by atomic mass is 32.1. The van der Waals surface area contributed by atoms with Crippen LogP contribution in [0.15, 0.2) is 69.6 Å². The lowest BCUT2D eigenvalue weighted by molar-refractivity contribution is -0.139. The molecule has 1 aliphatic heterocycles. The average Bonchev–Trinajstić information content (AvgIpc) is 3.17. The third-order valence-corrected chi connectivity index (χ3v) is 6.49. The zero-order valence-corrected chi connectivity index (χ0v) is 21.1. The number of carbonyl (C=O) groups excluding carboxylic acids is 1. The molecular formula is C28H26N2O5S. The van der Waals surface area contributed by atoms with Crippen molar-refractivity contribution in [1.29, 1.82) is 0 Å². The molecule has 2 heterocycles. The SMILES string of the molecule is C#CCOc1ccc(/C=c2\sc3n(c2=O)[C@H](c2ccccc2)C(C(=O)OCC)=C(C)N=3)cc1OCC. The Kier molecular flexibility index (Phi) is 7.71. The number of terminal acetylenes is 1. The van der Waals surface area contributed by atoms with E-state index in [0.29, 0.717) is 38.7 Å². The van der Waals surface area contributed by atoms with Crippen LogP contribution >= 0.6 is 11.3 Å². The number of hydrogen-bond acceptors (Lipinski definition) is 7. The summed E-state index contributed by atoms with van der Waals surface area (Å²) in [6.45, 7) is 6.20. The van der Waals surface area contributed by atoms with E-state index < -0.39 is 12.0 Å². The molecule has 7 nitrogen and oxygen atoms in total. The molecule has 0 aliphatic carbocycles. The van der Waals surface area contributed by atoms with Crippen molar-refractivity contribution in [2.45, 2.75) is 26.8 Å². The zero-order valence-electron chi connectivity index (χ0n) is 20.3. The first-order valence-corrected chi connectivity index (χ1v) is 12.4. The van der Waals surface area contributed by atoms with E-state index in [0.717, 1.165) is 11.1 Å². The summed E-state index contributed by atoms with van der Waals surface area (Å²) >= 11 is 1.27. The van der Waals surface area contributed by atoms with Gasteiger partial charge in [0, 0.05) is 0 Å². The van der Waals surface area contributed by atoms with Gasteiger partial charge in [-0.1, -0.05) is 53.7 Å². The summed E-state index contributed by atoms with van der Waals surface area (Å²) in [5, 5.41) is 0. The standard InChI is InChI=1S/C28H26N2O5S/c1-5-15-35-21-14-13-19(16-22(21)33-6-2)17-23-26(31)30-25(20-11-9-8-10-12-20)24(27(32)34-7-3)18(4)29-28(30)36-23/h1,8-14,16-17,25H,6-7,15H2,2-4H3/b23-17-/t25-/m1/s1. The molecule has 0 unspecified atom stereocenters. The van der Waals surface area contributed by atoms with Gasteiger partial charge < -0.3 is 14.2 Å². The molecule has 2 aromatic carbocycles. The van der Waals surface area contributed by atoms with E-state index in [9.17, 15) is 9.59 Å². The Morgan fingerprint density at radius 3 is 2.61 bits per heavy atom. The summed E-state index contributed by atoms with van der Waals surface area (Å²) in [4.78, 5) is 31.7. The summed E-state index contributed by atoms with van der Waals surface area (Å²) in [5.41, 5.74) is 2.21. The van der Waals surface area contributed by atoms with Crippen LogP contribution in [0.2, 0.25) is 0 Å². The van der Waals surface area contributed by atoms with Crippen LogP contribution in [0.5, 0.6) is 11.5 Å². The molecule has 8 heteroatoms. The number of benzene rings is 2. The Hall–Kier alpha value is -4.09. The van der Waals surface area contributed by atoms with E-state index in [-0.39, 0.29) is 18.8 Å². The van der Waals surface area contributed by atoms with Crippen molar-refractivity contribution in [3.05, 3.63) is 90.6 Å². The lowest BCUT2D eigenvalue weighted by Crippen LogP contribution is -2.39. The van der Waals surface area contributed by atoms with Crippen LogP contribution in [-0.2, 0) is 9.53 Å². The minimum absolute atomic E-state index is 0.125. The number of rotatable bonds is 8. The third-order valence-electron chi connectivity index (χ3n) is 5.51. The second-order valence-corrected chi connectivity index (χ2v) is 8.85. The molecule has 4 rings (SSSR count). The number of carbonyl (C=O) groups is 1. The van der Waals surface area contributed by atoms with Gasteiger partial charge in [0.1, 0.15) is 6.61 Å². The molecule has 0 N–H and O–H groups in total. The summed E-state index contributed by atoms with van der Waals surface area (Å²) in [5.74, 6) is 3.03. The van der Waals surface area contributed by atoms with Crippen LogP contribution in [0.4, 0.5) is 0 Å². The molecular weight excluding hydrogens is 476 g/mol. The van der Waals surface area contributed by atoms with E-state index in [4.69, 9.17) is 20.6 Å². The van der Waals surface area contributed by atoms with Crippen LogP contribution in [0.3, 0.4) is 0 Å². The van der Waals surface area contributed by atoms with Gasteiger partial charge in [-0.2, -0.15) is 0 Å². The molecule has 0 saturated heterocycles. The molecule has 1 aromatic heterocycles. The molecule has 1 aliphatic rings. The van der Waals surface area contributed by atoms with Crippen molar-refractivity contribution < 1.29 is 19.0 Å². The summed E-state index contributed by atoms with van der Waals surface area (Å²) < 4.78 is 18.6. The molecule has 1 atom stereocenters. The minimum atomic E-state index is -0.637. The topological polar surface area (TPSA) is 79.1 Å². The maximum Gasteiger partial charge on any atom is 0.338 e. The minimum Gasteiger partial charge on any atom is -0.490 e. The smallest absolute Gasteiger partial charge is 0.338 e. The highest BCUT2D eigenvalue weighted by Crippen LogP contribution is 2.31. The molecule has 184 valence electrons. The summed E-state index contributed by atoms with van der Waals surface area (Å²) in [7, 11) is 0. The second-order valence-electron chi connectivity index (χ2n) is 7.84. The van der Waals surface area contributed by atoms with Gasteiger partial charge in [-0.05, 0) is 50.1 Å². The predicted octanol–water partition coefficient (Wildman–Crippen LogP) is 3.21. The molecule has 3 aromatic rings. The second kappa shape index (κ2) is 11.1. The number of nitrogens with zero attached hydrogens (tertiary/aromatic N) is 2. The molecule has 0 bridgehead atoms. The van der Waals surface area contributed by atoms with Crippen LogP contribution in [0, 0.1) is 12.3 Å². The Morgan fingerprint density at radius 2 is 1.92 bits per heavy atom. The van der Waals surface area contributed by atoms with Crippen molar-refractivity contribution in [3.8, 4) is 23.8 Å². The van der Waals surface area contributed by atoms with Crippen molar-refractivity contribution in [2.75, 3.05) is 19.8 Å². The number of allylic oxidation sites excluding steroid dienone is 1. The Balaban J connectivity index is 1.86. The van der Waals surface area contributed by atoms with Gasteiger partial charge in [0.15, 0.2) is 16.3 Å². The van der Waals surface area contributed by atoms with Crippen molar-refractivity contribution in [3.63, 3.8) is 0 Å². The quantitative estimate of drug-likeness (QED) is 0.349. The highest BCUT2D eigenvalue weighted by molar-refractivity contribution is 7.07. The monoisotopic (exact) mass is 502 g/mol. The molecule has 0 fully saturated rings. The predicted molar refractivity (Wildman–Crippen MR) is 139 cm³/mol. The molecule has 0 saturated carbocycles. The van der Waals surface area contributed by atoms with Crippen LogP contribution in [0.1, 0.15) is 37.9 Å². The number of aromatic nitrogens is 1. The van der Waals surface area contributed by atoms with Gasteiger partial charge in [-0.3, -0.25) is 9.36 Å². The van der Waals surface area contributed by atoms with Gasteiger partial charge in [-0.25, -0.2) is 9.79 Å². The van der Waals surface area contributed by atoms with Crippen LogP contribution < -0.4 is 24.4 Å². The fourth-order valence-corrected chi connectivity index (χ4v) is 5.06. The van der Waals surface area contributed by atoms with Crippen molar-refractivity contribution in [2.24, 2.45) is 4.99 Å². The summed E-state index contributed by atoms with van der Waals surface area (Å²) in [6, 6.07) is 14.2. The highest BCUT2D eigenvalue weighted by Gasteiger charge is 2.33. The Bertz CT molecular complexity index is 1530. The molecule has 36 heavy (non-hydrogen) atoms. The van der Waals surface area contributed by atoms with Gasteiger partial charge >= 0.3 is 5.97 Å². The van der Waals surface area contributed by atoms with Gasteiger partial charge in [0.05, 0.1) is 35.1 Å². The number of fused-ring (bicyclic) bond motifs is 1. The zero-order chi connectivity index (χ0) is 25.7. The fraction of sp³-hybridized carbons (Fsp3) is 0.250. The van der Waals surface area contributed by atoms with E-state index in [1.54, 1.807) is 36.6 Å². The number of hydrogen-bond donors (Lipinski definition) is 0. The van der Waals surface area contributed by atoms with Gasteiger partial charge in [0.2, 0.25) is 0 Å². The van der Waals surface area contributed by atoms with E-state index in [1.807, 2.05) is 43.3 Å². The van der Waals surface area contributed by atoms with Crippen LogP contribution in [0.25, 0.3) is 6.08 Å². The molecule has 0 radical (unpaired) electrons. The number of ether oxygens (including phenoxy) is 3. The maximum atomic E-state index is 13.7. The van der Waals surface area contributed by atoms with Gasteiger partial charge in [-0.15, -0.1) is 6.42 Å². The normalized spacial score (nSPS) is 15.1. The van der Waals surface area contributed by atoms with Crippen molar-refractivity contribution >= 4 is 23.4 Å². The fourth-order valence-electron chi connectivity index (χ4n) is 4.02. The van der Waals surface area contributed by atoms with Crippen molar-refractivity contribution in [1.82, 2.24) is 4.57 Å². The Labute approximate surface area is 213 Å².